The van der Waals surface area contributed by atoms with E-state index in [4.69, 9.17) is 0 Å². The van der Waals surface area contributed by atoms with E-state index in [1.165, 1.54) is 57.9 Å². The molecule has 2 atom stereocenters. The van der Waals surface area contributed by atoms with Gasteiger partial charge in [-0.2, -0.15) is 0 Å². The summed E-state index contributed by atoms with van der Waals surface area (Å²) in [5.41, 5.74) is 3.35. The van der Waals surface area contributed by atoms with Crippen LogP contribution in [0.15, 0.2) is 24.3 Å². The SMILES string of the molecule is c1ccc2c(c1)[C@H]1CCCCN1[C@H]2C1CCCCC1. The van der Waals surface area contributed by atoms with Crippen molar-refractivity contribution in [3.05, 3.63) is 35.4 Å². The molecule has 0 bridgehead atoms. The Morgan fingerprint density at radius 2 is 1.53 bits per heavy atom. The van der Waals surface area contributed by atoms with E-state index in [1.807, 2.05) is 0 Å². The Morgan fingerprint density at radius 3 is 2.37 bits per heavy atom. The van der Waals surface area contributed by atoms with Crippen LogP contribution in [-0.2, 0) is 0 Å². The maximum Gasteiger partial charge on any atom is 0.0385 e. The van der Waals surface area contributed by atoms with E-state index < -0.39 is 0 Å². The first-order valence-corrected chi connectivity index (χ1v) is 8.30. The molecule has 19 heavy (non-hydrogen) atoms. The van der Waals surface area contributed by atoms with Crippen molar-refractivity contribution in [1.29, 1.82) is 0 Å². The lowest BCUT2D eigenvalue weighted by Gasteiger charge is -2.39. The molecule has 0 amide bonds. The summed E-state index contributed by atoms with van der Waals surface area (Å²) < 4.78 is 0. The van der Waals surface area contributed by atoms with Gasteiger partial charge in [0, 0.05) is 12.1 Å². The molecule has 1 aromatic rings. The van der Waals surface area contributed by atoms with Gasteiger partial charge in [-0.1, -0.05) is 49.9 Å². The fraction of sp³-hybridized carbons (Fsp3) is 0.667. The van der Waals surface area contributed by atoms with Crippen molar-refractivity contribution in [2.75, 3.05) is 6.54 Å². The summed E-state index contributed by atoms with van der Waals surface area (Å²) in [6.07, 6.45) is 11.5. The van der Waals surface area contributed by atoms with Gasteiger partial charge in [-0.05, 0) is 49.3 Å². The molecule has 3 aliphatic rings. The molecule has 1 saturated heterocycles. The summed E-state index contributed by atoms with van der Waals surface area (Å²) in [5.74, 6) is 0.929. The van der Waals surface area contributed by atoms with E-state index in [2.05, 4.69) is 29.2 Å². The van der Waals surface area contributed by atoms with Crippen LogP contribution in [0.3, 0.4) is 0 Å². The first-order valence-electron chi connectivity index (χ1n) is 8.30. The predicted molar refractivity (Wildman–Crippen MR) is 79.1 cm³/mol. The van der Waals surface area contributed by atoms with Crippen molar-refractivity contribution in [1.82, 2.24) is 4.90 Å². The minimum atomic E-state index is 0.747. The maximum absolute atomic E-state index is 2.87. The Morgan fingerprint density at radius 1 is 0.789 bits per heavy atom. The smallest absolute Gasteiger partial charge is 0.0385 e. The first kappa shape index (κ1) is 12.0. The minimum Gasteiger partial charge on any atom is -0.289 e. The predicted octanol–water partition coefficient (Wildman–Crippen LogP) is 4.85. The van der Waals surface area contributed by atoms with Crippen molar-refractivity contribution < 1.29 is 0 Å². The Labute approximate surface area is 117 Å². The van der Waals surface area contributed by atoms with E-state index >= 15 is 0 Å². The normalized spacial score (nSPS) is 32.0. The van der Waals surface area contributed by atoms with Gasteiger partial charge in [0.05, 0.1) is 0 Å². The molecule has 1 aromatic carbocycles. The van der Waals surface area contributed by atoms with Crippen molar-refractivity contribution >= 4 is 0 Å². The van der Waals surface area contributed by atoms with Crippen molar-refractivity contribution in [3.8, 4) is 0 Å². The first-order chi connectivity index (χ1) is 9.45. The summed E-state index contributed by atoms with van der Waals surface area (Å²) in [5, 5.41) is 0. The lowest BCUT2D eigenvalue weighted by Crippen LogP contribution is -2.35. The summed E-state index contributed by atoms with van der Waals surface area (Å²) in [6, 6.07) is 10.8. The van der Waals surface area contributed by atoms with E-state index in [-0.39, 0.29) is 0 Å². The average Bonchev–Trinajstić information content (AvgIpc) is 2.83. The quantitative estimate of drug-likeness (QED) is 0.693. The maximum atomic E-state index is 2.87. The zero-order valence-corrected chi connectivity index (χ0v) is 11.9. The molecule has 2 aliphatic heterocycles. The van der Waals surface area contributed by atoms with Crippen LogP contribution in [0.5, 0.6) is 0 Å². The fourth-order valence-electron chi connectivity index (χ4n) is 4.86. The van der Waals surface area contributed by atoms with Crippen LogP contribution in [0.1, 0.15) is 74.6 Å². The molecule has 0 radical (unpaired) electrons. The van der Waals surface area contributed by atoms with E-state index in [0.29, 0.717) is 0 Å². The topological polar surface area (TPSA) is 3.24 Å². The molecule has 1 saturated carbocycles. The van der Waals surface area contributed by atoms with E-state index in [1.54, 1.807) is 11.1 Å². The standard InChI is InChI=1S/C18H25N/c1-2-8-14(9-3-1)18-16-11-5-4-10-15(16)17-12-6-7-13-19(17)18/h4-5,10-11,14,17-18H,1-3,6-9,12-13H2/t17-,18+/m1/s1. The van der Waals surface area contributed by atoms with Gasteiger partial charge in [-0.25, -0.2) is 0 Å². The number of hydrogen-bond donors (Lipinski definition) is 0. The largest absolute Gasteiger partial charge is 0.289 e. The third-order valence-corrected chi connectivity index (χ3v) is 5.67. The van der Waals surface area contributed by atoms with Crippen LogP contribution in [-0.4, -0.2) is 11.4 Å². The van der Waals surface area contributed by atoms with Crippen LogP contribution in [0, 0.1) is 5.92 Å². The van der Waals surface area contributed by atoms with Crippen molar-refractivity contribution in [2.24, 2.45) is 5.92 Å². The number of fused-ring (bicyclic) bond motifs is 3. The van der Waals surface area contributed by atoms with Crippen LogP contribution in [0.25, 0.3) is 0 Å². The second-order valence-corrected chi connectivity index (χ2v) is 6.72. The van der Waals surface area contributed by atoms with Gasteiger partial charge in [0.25, 0.3) is 0 Å². The third-order valence-electron chi connectivity index (χ3n) is 5.67. The molecule has 4 rings (SSSR count). The van der Waals surface area contributed by atoms with Crippen LogP contribution in [0.4, 0.5) is 0 Å². The number of piperidine rings is 1. The van der Waals surface area contributed by atoms with Gasteiger partial charge in [-0.3, -0.25) is 4.90 Å². The molecule has 102 valence electrons. The number of benzene rings is 1. The van der Waals surface area contributed by atoms with E-state index in [0.717, 1.165) is 18.0 Å². The molecule has 0 unspecified atom stereocenters. The van der Waals surface area contributed by atoms with Gasteiger partial charge in [0.2, 0.25) is 0 Å². The molecule has 0 spiro atoms. The number of hydrogen-bond acceptors (Lipinski definition) is 1. The fourth-order valence-corrected chi connectivity index (χ4v) is 4.86. The highest BCUT2D eigenvalue weighted by molar-refractivity contribution is 5.38. The molecule has 0 aromatic heterocycles. The average molecular weight is 255 g/mol. The lowest BCUT2D eigenvalue weighted by molar-refractivity contribution is 0.0701. The van der Waals surface area contributed by atoms with Crippen molar-refractivity contribution in [3.63, 3.8) is 0 Å². The van der Waals surface area contributed by atoms with Crippen molar-refractivity contribution in [2.45, 2.75) is 63.5 Å². The summed E-state index contributed by atoms with van der Waals surface area (Å²) in [4.78, 5) is 2.87. The lowest BCUT2D eigenvalue weighted by atomic mass is 9.81. The molecule has 1 nitrogen and oxygen atoms in total. The van der Waals surface area contributed by atoms with Crippen LogP contribution in [0.2, 0.25) is 0 Å². The number of rotatable bonds is 1. The zero-order chi connectivity index (χ0) is 12.7. The van der Waals surface area contributed by atoms with Crippen LogP contribution >= 0.6 is 0 Å². The molecule has 1 heteroatoms. The van der Waals surface area contributed by atoms with Crippen LogP contribution < -0.4 is 0 Å². The Hall–Kier alpha value is -0.820. The minimum absolute atomic E-state index is 0.747. The molecule has 2 heterocycles. The monoisotopic (exact) mass is 255 g/mol. The third kappa shape index (κ3) is 1.94. The highest BCUT2D eigenvalue weighted by atomic mass is 15.2. The summed E-state index contributed by atoms with van der Waals surface area (Å²) in [7, 11) is 0. The highest BCUT2D eigenvalue weighted by Crippen LogP contribution is 2.51. The Balaban J connectivity index is 1.71. The highest BCUT2D eigenvalue weighted by Gasteiger charge is 2.42. The Bertz CT molecular complexity index is 447. The van der Waals surface area contributed by atoms with Gasteiger partial charge in [0.1, 0.15) is 0 Å². The summed E-state index contributed by atoms with van der Waals surface area (Å²) in [6.45, 7) is 1.33. The van der Waals surface area contributed by atoms with Gasteiger partial charge in [0.15, 0.2) is 0 Å². The van der Waals surface area contributed by atoms with Gasteiger partial charge >= 0.3 is 0 Å². The molecule has 2 fully saturated rings. The molecule has 0 N–H and O–H groups in total. The molecular weight excluding hydrogens is 230 g/mol. The second-order valence-electron chi connectivity index (χ2n) is 6.72. The summed E-state index contributed by atoms with van der Waals surface area (Å²) >= 11 is 0. The molecular formula is C18H25N. The molecule has 1 aliphatic carbocycles. The van der Waals surface area contributed by atoms with E-state index in [9.17, 15) is 0 Å². The Kier molecular flexibility index (Phi) is 3.11. The van der Waals surface area contributed by atoms with Gasteiger partial charge < -0.3 is 0 Å². The second kappa shape index (κ2) is 4.94. The number of nitrogens with zero attached hydrogens (tertiary/aromatic N) is 1. The zero-order valence-electron chi connectivity index (χ0n) is 11.9. The van der Waals surface area contributed by atoms with Gasteiger partial charge in [-0.15, -0.1) is 0 Å².